The Morgan fingerprint density at radius 2 is 1.94 bits per heavy atom. The van der Waals surface area contributed by atoms with Gasteiger partial charge in [-0.15, -0.1) is 0 Å². The van der Waals surface area contributed by atoms with Gasteiger partial charge in [-0.2, -0.15) is 0 Å². The molecule has 0 spiro atoms. The third-order valence-electron chi connectivity index (χ3n) is 2.92. The molecule has 0 heterocycles. The van der Waals surface area contributed by atoms with Gasteiger partial charge in [-0.3, -0.25) is 9.69 Å². The first-order valence-corrected chi connectivity index (χ1v) is 6.39. The van der Waals surface area contributed by atoms with Crippen molar-refractivity contribution in [3.8, 4) is 0 Å². The van der Waals surface area contributed by atoms with Crippen LogP contribution in [-0.4, -0.2) is 42.6 Å². The van der Waals surface area contributed by atoms with E-state index in [4.69, 9.17) is 4.74 Å². The van der Waals surface area contributed by atoms with Crippen molar-refractivity contribution in [1.29, 1.82) is 0 Å². The highest BCUT2D eigenvalue weighted by atomic mass is 16.6. The lowest BCUT2D eigenvalue weighted by Crippen LogP contribution is -2.41. The third-order valence-corrected chi connectivity index (χ3v) is 2.92. The van der Waals surface area contributed by atoms with E-state index in [2.05, 4.69) is 5.32 Å². The molecule has 1 aliphatic carbocycles. The summed E-state index contributed by atoms with van der Waals surface area (Å²) in [5.41, 5.74) is 0. The molecule has 2 amide bonds. The number of rotatable bonds is 5. The summed E-state index contributed by atoms with van der Waals surface area (Å²) in [6.45, 7) is 4.84. The molecule has 0 unspecified atom stereocenters. The van der Waals surface area contributed by atoms with Gasteiger partial charge in [0.25, 0.3) is 0 Å². The maximum Gasteiger partial charge on any atom is 0.410 e. The van der Waals surface area contributed by atoms with Crippen molar-refractivity contribution in [2.75, 3.05) is 19.6 Å². The van der Waals surface area contributed by atoms with Crippen molar-refractivity contribution < 1.29 is 14.3 Å². The van der Waals surface area contributed by atoms with Gasteiger partial charge in [0.15, 0.2) is 0 Å². The molecule has 1 N–H and O–H groups in total. The fraction of sp³-hybridized carbons (Fsp3) is 0.833. The van der Waals surface area contributed by atoms with Gasteiger partial charge in [-0.05, 0) is 39.5 Å². The first-order valence-electron chi connectivity index (χ1n) is 6.39. The highest BCUT2D eigenvalue weighted by molar-refractivity contribution is 5.82. The monoisotopic (exact) mass is 242 g/mol. The van der Waals surface area contributed by atoms with Crippen molar-refractivity contribution >= 4 is 12.0 Å². The summed E-state index contributed by atoms with van der Waals surface area (Å²) in [5, 5.41) is 2.67. The van der Waals surface area contributed by atoms with E-state index in [0.29, 0.717) is 13.1 Å². The molecule has 0 aromatic heterocycles. The van der Waals surface area contributed by atoms with Crippen LogP contribution >= 0.6 is 0 Å². The van der Waals surface area contributed by atoms with Crippen molar-refractivity contribution in [3.63, 3.8) is 0 Å². The maximum absolute atomic E-state index is 11.8. The first kappa shape index (κ1) is 13.8. The van der Waals surface area contributed by atoms with Gasteiger partial charge in [0.1, 0.15) is 12.6 Å². The van der Waals surface area contributed by atoms with Crippen LogP contribution in [0.3, 0.4) is 0 Å². The second-order valence-electron chi connectivity index (χ2n) is 4.26. The molecule has 0 aliphatic heterocycles. The lowest BCUT2D eigenvalue weighted by molar-refractivity contribution is -0.122. The summed E-state index contributed by atoms with van der Waals surface area (Å²) in [4.78, 5) is 24.6. The van der Waals surface area contributed by atoms with Gasteiger partial charge in [-0.25, -0.2) is 4.79 Å². The predicted molar refractivity (Wildman–Crippen MR) is 64.7 cm³/mol. The van der Waals surface area contributed by atoms with Crippen LogP contribution in [0.5, 0.6) is 0 Å². The molecular formula is C12H22N2O3. The molecule has 1 saturated carbocycles. The van der Waals surface area contributed by atoms with Crippen molar-refractivity contribution in [2.24, 2.45) is 0 Å². The Bertz CT molecular complexity index is 262. The predicted octanol–water partition coefficient (Wildman–Crippen LogP) is 1.52. The summed E-state index contributed by atoms with van der Waals surface area (Å²) < 4.78 is 5.35. The van der Waals surface area contributed by atoms with Crippen LogP contribution in [0.15, 0.2) is 0 Å². The summed E-state index contributed by atoms with van der Waals surface area (Å²) >= 11 is 0. The maximum atomic E-state index is 11.8. The van der Waals surface area contributed by atoms with Crippen LogP contribution in [0.25, 0.3) is 0 Å². The normalized spacial score (nSPS) is 15.6. The van der Waals surface area contributed by atoms with E-state index in [9.17, 15) is 9.59 Å². The lowest BCUT2D eigenvalue weighted by Gasteiger charge is -2.22. The second-order valence-corrected chi connectivity index (χ2v) is 4.26. The number of ether oxygens (including phenoxy) is 1. The van der Waals surface area contributed by atoms with Gasteiger partial charge in [-0.1, -0.05) is 0 Å². The molecular weight excluding hydrogens is 220 g/mol. The highest BCUT2D eigenvalue weighted by Gasteiger charge is 2.23. The second kappa shape index (κ2) is 7.14. The number of hydrogen-bond acceptors (Lipinski definition) is 3. The molecule has 0 aromatic carbocycles. The Labute approximate surface area is 102 Å². The summed E-state index contributed by atoms with van der Waals surface area (Å²) in [5.74, 6) is -0.141. The van der Waals surface area contributed by atoms with Gasteiger partial charge in [0.2, 0.25) is 5.91 Å². The van der Waals surface area contributed by atoms with Crippen LogP contribution in [0.4, 0.5) is 4.79 Å². The summed E-state index contributed by atoms with van der Waals surface area (Å²) in [6, 6.07) is 0. The number of carbonyl (C=O) groups excluding carboxylic acids is 2. The minimum absolute atomic E-state index is 0.0470. The summed E-state index contributed by atoms with van der Waals surface area (Å²) in [6.07, 6.45) is 3.83. The summed E-state index contributed by atoms with van der Waals surface area (Å²) in [7, 11) is 0. The Kier molecular flexibility index (Phi) is 5.80. The molecule has 0 aromatic rings. The van der Waals surface area contributed by atoms with Gasteiger partial charge in [0.05, 0.1) is 0 Å². The molecule has 1 fully saturated rings. The van der Waals surface area contributed by atoms with Crippen molar-refractivity contribution in [1.82, 2.24) is 10.2 Å². The van der Waals surface area contributed by atoms with Gasteiger partial charge < -0.3 is 10.1 Å². The zero-order valence-corrected chi connectivity index (χ0v) is 10.7. The third kappa shape index (κ3) is 4.63. The topological polar surface area (TPSA) is 58.6 Å². The lowest BCUT2D eigenvalue weighted by atomic mass is 10.3. The number of likely N-dealkylation sites (N-methyl/N-ethyl adjacent to an activating group) is 2. The molecule has 0 radical (unpaired) electrons. The minimum atomic E-state index is -0.370. The van der Waals surface area contributed by atoms with Crippen LogP contribution < -0.4 is 5.32 Å². The van der Waals surface area contributed by atoms with Crippen LogP contribution in [0.1, 0.15) is 39.5 Å². The minimum Gasteiger partial charge on any atom is -0.446 e. The Morgan fingerprint density at radius 1 is 1.29 bits per heavy atom. The van der Waals surface area contributed by atoms with Crippen LogP contribution in [0.2, 0.25) is 0 Å². The largest absolute Gasteiger partial charge is 0.446 e. The SMILES string of the molecule is CCNC(=O)CN(CC)C(=O)OC1CCCC1. The molecule has 0 saturated heterocycles. The van der Waals surface area contributed by atoms with Crippen molar-refractivity contribution in [2.45, 2.75) is 45.6 Å². The van der Waals surface area contributed by atoms with Crippen LogP contribution in [0, 0.1) is 0 Å². The van der Waals surface area contributed by atoms with E-state index in [0.717, 1.165) is 25.7 Å². The highest BCUT2D eigenvalue weighted by Crippen LogP contribution is 2.21. The molecule has 5 heteroatoms. The quantitative estimate of drug-likeness (QED) is 0.795. The van der Waals surface area contributed by atoms with E-state index in [1.807, 2.05) is 13.8 Å². The number of hydrogen-bond donors (Lipinski definition) is 1. The molecule has 1 rings (SSSR count). The Balaban J connectivity index is 2.37. The fourth-order valence-electron chi connectivity index (χ4n) is 1.96. The average molecular weight is 242 g/mol. The molecule has 0 bridgehead atoms. The van der Waals surface area contributed by atoms with E-state index in [-0.39, 0.29) is 24.6 Å². The van der Waals surface area contributed by atoms with Crippen LogP contribution in [-0.2, 0) is 9.53 Å². The molecule has 1 aliphatic rings. The number of nitrogens with zero attached hydrogens (tertiary/aromatic N) is 1. The number of amides is 2. The molecule has 98 valence electrons. The van der Waals surface area contributed by atoms with E-state index in [1.165, 1.54) is 4.90 Å². The number of nitrogens with one attached hydrogen (secondary N) is 1. The standard InChI is InChI=1S/C12H22N2O3/c1-3-13-11(15)9-14(4-2)12(16)17-10-7-5-6-8-10/h10H,3-9H2,1-2H3,(H,13,15). The van der Waals surface area contributed by atoms with Gasteiger partial charge >= 0.3 is 6.09 Å². The zero-order valence-electron chi connectivity index (χ0n) is 10.7. The molecule has 0 atom stereocenters. The van der Waals surface area contributed by atoms with Gasteiger partial charge in [0, 0.05) is 13.1 Å². The van der Waals surface area contributed by atoms with Crippen molar-refractivity contribution in [3.05, 3.63) is 0 Å². The zero-order chi connectivity index (χ0) is 12.7. The Hall–Kier alpha value is -1.26. The smallest absolute Gasteiger partial charge is 0.410 e. The first-order chi connectivity index (χ1) is 8.17. The molecule has 17 heavy (non-hydrogen) atoms. The fourth-order valence-corrected chi connectivity index (χ4v) is 1.96. The Morgan fingerprint density at radius 3 is 2.47 bits per heavy atom. The van der Waals surface area contributed by atoms with E-state index < -0.39 is 0 Å². The average Bonchev–Trinajstić information content (AvgIpc) is 2.78. The number of carbonyl (C=O) groups is 2. The molecule has 5 nitrogen and oxygen atoms in total. The van der Waals surface area contributed by atoms with E-state index in [1.54, 1.807) is 0 Å². The van der Waals surface area contributed by atoms with E-state index >= 15 is 0 Å².